The van der Waals surface area contributed by atoms with Crippen molar-refractivity contribution in [2.75, 3.05) is 20.1 Å². The van der Waals surface area contributed by atoms with Crippen LogP contribution in [0.15, 0.2) is 42.5 Å². The van der Waals surface area contributed by atoms with Crippen molar-refractivity contribution >= 4 is 0 Å². The Labute approximate surface area is 127 Å². The van der Waals surface area contributed by atoms with Crippen LogP contribution < -0.4 is 0 Å². The van der Waals surface area contributed by atoms with Crippen LogP contribution in [-0.4, -0.2) is 30.0 Å². The highest BCUT2D eigenvalue weighted by Gasteiger charge is 2.19. The smallest absolute Gasteiger partial charge is 0.0450 e. The number of hydrogen-bond acceptors (Lipinski definition) is 2. The van der Waals surface area contributed by atoms with Crippen molar-refractivity contribution in [1.82, 2.24) is 9.88 Å². The zero-order valence-corrected chi connectivity index (χ0v) is 13.0. The topological polar surface area (TPSA) is 16.1 Å². The first-order chi connectivity index (χ1) is 10.2. The summed E-state index contributed by atoms with van der Waals surface area (Å²) in [4.78, 5) is 7.35. The lowest BCUT2D eigenvalue weighted by atomic mass is 9.93. The van der Waals surface area contributed by atoms with Gasteiger partial charge in [-0.05, 0) is 63.2 Å². The van der Waals surface area contributed by atoms with Crippen LogP contribution >= 0.6 is 0 Å². The summed E-state index contributed by atoms with van der Waals surface area (Å²) in [6.45, 7) is 4.55. The third-order valence-electron chi connectivity index (χ3n) is 4.60. The average molecular weight is 280 g/mol. The van der Waals surface area contributed by atoms with Crippen molar-refractivity contribution in [1.29, 1.82) is 0 Å². The van der Waals surface area contributed by atoms with Gasteiger partial charge in [-0.1, -0.05) is 30.3 Å². The lowest BCUT2D eigenvalue weighted by molar-refractivity contribution is 0.253. The average Bonchev–Trinajstić information content (AvgIpc) is 2.51. The van der Waals surface area contributed by atoms with Gasteiger partial charge in [-0.2, -0.15) is 0 Å². The number of pyridine rings is 1. The summed E-state index contributed by atoms with van der Waals surface area (Å²) in [5.74, 6) is 0.637. The van der Waals surface area contributed by atoms with E-state index in [2.05, 4.69) is 61.3 Å². The van der Waals surface area contributed by atoms with Gasteiger partial charge < -0.3 is 4.90 Å². The second-order valence-electron chi connectivity index (χ2n) is 6.23. The Kier molecular flexibility index (Phi) is 4.35. The van der Waals surface area contributed by atoms with Gasteiger partial charge in [0.1, 0.15) is 0 Å². The van der Waals surface area contributed by atoms with Crippen molar-refractivity contribution in [3.63, 3.8) is 0 Å². The number of piperidine rings is 1. The summed E-state index contributed by atoms with van der Waals surface area (Å²) in [6, 6.07) is 15.1. The molecule has 3 rings (SSSR count). The van der Waals surface area contributed by atoms with Crippen LogP contribution in [0.1, 0.15) is 41.3 Å². The normalized spacial score (nSPS) is 17.0. The molecular formula is C19H24N2. The molecule has 1 aromatic carbocycles. The predicted molar refractivity (Wildman–Crippen MR) is 87.7 cm³/mol. The standard InChI is InChI=1S/C19H24N2/c1-15-6-3-4-7-17(15)14-18-8-5-9-19(20-18)16-10-12-21(2)13-11-16/h3-9,16H,10-14H2,1-2H3. The van der Waals surface area contributed by atoms with Gasteiger partial charge in [0, 0.05) is 23.7 Å². The first-order valence-electron chi connectivity index (χ1n) is 7.91. The van der Waals surface area contributed by atoms with Crippen LogP contribution in [0.25, 0.3) is 0 Å². The molecule has 2 heteroatoms. The first kappa shape index (κ1) is 14.3. The lowest BCUT2D eigenvalue weighted by Gasteiger charge is -2.28. The third kappa shape index (κ3) is 3.51. The number of aryl methyl sites for hydroxylation is 1. The molecule has 21 heavy (non-hydrogen) atoms. The second-order valence-corrected chi connectivity index (χ2v) is 6.23. The van der Waals surface area contributed by atoms with Crippen molar-refractivity contribution in [2.24, 2.45) is 0 Å². The van der Waals surface area contributed by atoms with Crippen molar-refractivity contribution in [3.05, 3.63) is 65.0 Å². The van der Waals surface area contributed by atoms with E-state index in [-0.39, 0.29) is 0 Å². The van der Waals surface area contributed by atoms with Gasteiger partial charge in [-0.25, -0.2) is 0 Å². The van der Waals surface area contributed by atoms with Gasteiger partial charge in [0.15, 0.2) is 0 Å². The summed E-state index contributed by atoms with van der Waals surface area (Å²) in [5.41, 5.74) is 5.21. The fourth-order valence-corrected chi connectivity index (χ4v) is 3.13. The molecule has 2 nitrogen and oxygen atoms in total. The van der Waals surface area contributed by atoms with E-state index in [0.29, 0.717) is 5.92 Å². The maximum atomic E-state index is 4.94. The molecule has 0 saturated carbocycles. The Morgan fingerprint density at radius 1 is 1.05 bits per heavy atom. The minimum Gasteiger partial charge on any atom is -0.306 e. The van der Waals surface area contributed by atoms with E-state index in [9.17, 15) is 0 Å². The van der Waals surface area contributed by atoms with E-state index >= 15 is 0 Å². The van der Waals surface area contributed by atoms with E-state index in [0.717, 1.165) is 6.42 Å². The molecule has 1 fully saturated rings. The Bertz CT molecular complexity index is 598. The molecule has 1 aliphatic heterocycles. The van der Waals surface area contributed by atoms with E-state index in [1.165, 1.54) is 48.4 Å². The maximum absolute atomic E-state index is 4.94. The Hall–Kier alpha value is -1.67. The monoisotopic (exact) mass is 280 g/mol. The zero-order valence-electron chi connectivity index (χ0n) is 13.0. The lowest BCUT2D eigenvalue weighted by Crippen LogP contribution is -2.29. The number of hydrogen-bond donors (Lipinski definition) is 0. The molecule has 0 spiro atoms. The highest BCUT2D eigenvalue weighted by atomic mass is 15.1. The summed E-state index contributed by atoms with van der Waals surface area (Å²) in [5, 5.41) is 0. The van der Waals surface area contributed by atoms with Crippen LogP contribution in [-0.2, 0) is 6.42 Å². The molecule has 0 atom stereocenters. The summed E-state index contributed by atoms with van der Waals surface area (Å²) in [6.07, 6.45) is 3.40. The van der Waals surface area contributed by atoms with Gasteiger partial charge in [0.05, 0.1) is 0 Å². The number of rotatable bonds is 3. The van der Waals surface area contributed by atoms with Crippen LogP contribution in [0.2, 0.25) is 0 Å². The van der Waals surface area contributed by atoms with E-state index in [1.807, 2.05) is 0 Å². The van der Waals surface area contributed by atoms with Crippen LogP contribution in [0.4, 0.5) is 0 Å². The van der Waals surface area contributed by atoms with Gasteiger partial charge in [-0.3, -0.25) is 4.98 Å². The second kappa shape index (κ2) is 6.40. The summed E-state index contributed by atoms with van der Waals surface area (Å²) >= 11 is 0. The molecule has 0 amide bonds. The van der Waals surface area contributed by atoms with Gasteiger partial charge in [0.25, 0.3) is 0 Å². The number of likely N-dealkylation sites (tertiary alicyclic amines) is 1. The molecule has 110 valence electrons. The van der Waals surface area contributed by atoms with Gasteiger partial charge in [0.2, 0.25) is 0 Å². The Morgan fingerprint density at radius 3 is 2.57 bits per heavy atom. The highest BCUT2D eigenvalue weighted by Crippen LogP contribution is 2.26. The molecule has 2 heterocycles. The Morgan fingerprint density at radius 2 is 1.81 bits per heavy atom. The number of nitrogens with zero attached hydrogens (tertiary/aromatic N) is 2. The Balaban J connectivity index is 1.76. The predicted octanol–water partition coefficient (Wildman–Crippen LogP) is 3.79. The van der Waals surface area contributed by atoms with Gasteiger partial charge >= 0.3 is 0 Å². The molecule has 0 radical (unpaired) electrons. The molecule has 2 aromatic rings. The molecular weight excluding hydrogens is 256 g/mol. The van der Waals surface area contributed by atoms with Crippen LogP contribution in [0.3, 0.4) is 0 Å². The number of aromatic nitrogens is 1. The van der Waals surface area contributed by atoms with Crippen molar-refractivity contribution in [2.45, 2.75) is 32.1 Å². The molecule has 1 aliphatic rings. The van der Waals surface area contributed by atoms with Crippen molar-refractivity contribution in [3.8, 4) is 0 Å². The van der Waals surface area contributed by atoms with Gasteiger partial charge in [-0.15, -0.1) is 0 Å². The number of benzene rings is 1. The third-order valence-corrected chi connectivity index (χ3v) is 4.60. The van der Waals surface area contributed by atoms with Crippen molar-refractivity contribution < 1.29 is 0 Å². The van der Waals surface area contributed by atoms with Crippen LogP contribution in [0, 0.1) is 6.92 Å². The fraction of sp³-hybridized carbons (Fsp3) is 0.421. The molecule has 1 aromatic heterocycles. The molecule has 1 saturated heterocycles. The molecule has 0 N–H and O–H groups in total. The SMILES string of the molecule is Cc1ccccc1Cc1cccc(C2CCN(C)CC2)n1. The minimum absolute atomic E-state index is 0.637. The van der Waals surface area contributed by atoms with E-state index in [4.69, 9.17) is 4.98 Å². The minimum atomic E-state index is 0.637. The maximum Gasteiger partial charge on any atom is 0.0450 e. The van der Waals surface area contributed by atoms with Crippen LogP contribution in [0.5, 0.6) is 0 Å². The molecule has 0 aliphatic carbocycles. The largest absolute Gasteiger partial charge is 0.306 e. The quantitative estimate of drug-likeness (QED) is 0.850. The first-order valence-corrected chi connectivity index (χ1v) is 7.91. The highest BCUT2D eigenvalue weighted by molar-refractivity contribution is 5.30. The molecule has 0 unspecified atom stereocenters. The zero-order chi connectivity index (χ0) is 14.7. The fourth-order valence-electron chi connectivity index (χ4n) is 3.13. The molecule has 0 bridgehead atoms. The van der Waals surface area contributed by atoms with E-state index < -0.39 is 0 Å². The summed E-state index contributed by atoms with van der Waals surface area (Å²) < 4.78 is 0. The summed E-state index contributed by atoms with van der Waals surface area (Å²) in [7, 11) is 2.21. The van der Waals surface area contributed by atoms with E-state index in [1.54, 1.807) is 0 Å².